The van der Waals surface area contributed by atoms with Gasteiger partial charge in [-0.15, -0.1) is 0 Å². The van der Waals surface area contributed by atoms with Crippen LogP contribution in [0.2, 0.25) is 0 Å². The third-order valence-corrected chi connectivity index (χ3v) is 7.07. The molecular weight excluding hydrogens is 402 g/mol. The van der Waals surface area contributed by atoms with Crippen LogP contribution in [0.5, 0.6) is 5.75 Å². The number of hydrogen-bond donors (Lipinski definition) is 2. The van der Waals surface area contributed by atoms with E-state index in [1.165, 1.54) is 24.1 Å². The van der Waals surface area contributed by atoms with Crippen molar-refractivity contribution in [2.75, 3.05) is 36.5 Å². The second kappa shape index (κ2) is 9.35. The Kier molecular flexibility index (Phi) is 6.14. The van der Waals surface area contributed by atoms with Crippen LogP contribution in [0, 0.1) is 11.8 Å². The number of benzene rings is 1. The lowest BCUT2D eigenvalue weighted by Crippen LogP contribution is -2.27. The molecule has 0 radical (unpaired) electrons. The van der Waals surface area contributed by atoms with E-state index in [-0.39, 0.29) is 5.91 Å². The summed E-state index contributed by atoms with van der Waals surface area (Å²) >= 11 is 0. The second-order valence-electron chi connectivity index (χ2n) is 9.16. The minimum absolute atomic E-state index is 0.201. The van der Waals surface area contributed by atoms with Crippen LogP contribution in [0.15, 0.2) is 24.3 Å². The normalized spacial score (nSPS) is 22.5. The standard InChI is InChI=1S/C25H33N5O2/c1-2-32-22-10-6-3-7-17(22)14-27-25-28-21-9-5-4-8-20(21)24(29-25)30-12-11-18(16-30)19-13-23(31)26-15-19/h3,6-7,10,18-19H,2,4-5,8-9,11-16H2,1H3,(H,26,31)(H,27,28,29). The number of nitrogens with one attached hydrogen (secondary N) is 2. The van der Waals surface area contributed by atoms with E-state index in [0.717, 1.165) is 56.0 Å². The van der Waals surface area contributed by atoms with E-state index in [2.05, 4.69) is 21.6 Å². The summed E-state index contributed by atoms with van der Waals surface area (Å²) in [4.78, 5) is 24.0. The molecule has 170 valence electrons. The summed E-state index contributed by atoms with van der Waals surface area (Å²) in [5.74, 6) is 3.92. The highest BCUT2D eigenvalue weighted by molar-refractivity contribution is 5.78. The quantitative estimate of drug-likeness (QED) is 0.695. The first-order chi connectivity index (χ1) is 15.7. The van der Waals surface area contributed by atoms with E-state index >= 15 is 0 Å². The van der Waals surface area contributed by atoms with Gasteiger partial charge < -0.3 is 20.3 Å². The summed E-state index contributed by atoms with van der Waals surface area (Å²) in [6.45, 7) is 6.10. The van der Waals surface area contributed by atoms with Crippen molar-refractivity contribution < 1.29 is 9.53 Å². The average molecular weight is 436 g/mol. The molecule has 3 aliphatic rings. The van der Waals surface area contributed by atoms with Gasteiger partial charge in [0.1, 0.15) is 11.6 Å². The van der Waals surface area contributed by atoms with Crippen LogP contribution in [-0.4, -0.2) is 42.1 Å². The molecule has 32 heavy (non-hydrogen) atoms. The number of fused-ring (bicyclic) bond motifs is 1. The lowest BCUT2D eigenvalue weighted by molar-refractivity contribution is -0.119. The Labute approximate surface area is 190 Å². The number of rotatable bonds is 7. The van der Waals surface area contributed by atoms with Gasteiger partial charge >= 0.3 is 0 Å². The first kappa shape index (κ1) is 21.0. The molecule has 1 aliphatic carbocycles. The first-order valence-corrected chi connectivity index (χ1v) is 12.1. The molecular formula is C25H33N5O2. The van der Waals surface area contributed by atoms with Crippen molar-refractivity contribution in [3.63, 3.8) is 0 Å². The molecule has 7 nitrogen and oxygen atoms in total. The molecule has 2 atom stereocenters. The van der Waals surface area contributed by atoms with Gasteiger partial charge in [-0.25, -0.2) is 4.98 Å². The van der Waals surface area contributed by atoms with E-state index in [9.17, 15) is 4.79 Å². The van der Waals surface area contributed by atoms with Gasteiger partial charge in [0.15, 0.2) is 0 Å². The van der Waals surface area contributed by atoms with Crippen LogP contribution in [-0.2, 0) is 24.2 Å². The Morgan fingerprint density at radius 1 is 1.19 bits per heavy atom. The van der Waals surface area contributed by atoms with Gasteiger partial charge in [0.05, 0.1) is 12.3 Å². The lowest BCUT2D eigenvalue weighted by Gasteiger charge is -2.26. The molecule has 2 N–H and O–H groups in total. The number of carbonyl (C=O) groups excluding carboxylic acids is 1. The van der Waals surface area contributed by atoms with Crippen molar-refractivity contribution in [2.24, 2.45) is 11.8 Å². The number of aromatic nitrogens is 2. The van der Waals surface area contributed by atoms with Crippen LogP contribution in [0.4, 0.5) is 11.8 Å². The highest BCUT2D eigenvalue weighted by Gasteiger charge is 2.35. The van der Waals surface area contributed by atoms with E-state index in [1.807, 2.05) is 25.1 Å². The zero-order valence-corrected chi connectivity index (χ0v) is 18.9. The first-order valence-electron chi connectivity index (χ1n) is 12.1. The Hall–Kier alpha value is -2.83. The maximum absolute atomic E-state index is 11.7. The summed E-state index contributed by atoms with van der Waals surface area (Å²) in [5, 5.41) is 6.46. The zero-order valence-electron chi connectivity index (χ0n) is 18.9. The maximum atomic E-state index is 11.7. The fraction of sp³-hybridized carbons (Fsp3) is 0.560. The topological polar surface area (TPSA) is 79.4 Å². The molecule has 2 aromatic rings. The summed E-state index contributed by atoms with van der Waals surface area (Å²) in [6, 6.07) is 8.12. The second-order valence-corrected chi connectivity index (χ2v) is 9.16. The summed E-state index contributed by atoms with van der Waals surface area (Å²) in [7, 11) is 0. The molecule has 2 fully saturated rings. The minimum atomic E-state index is 0.201. The molecule has 1 aromatic carbocycles. The van der Waals surface area contributed by atoms with Gasteiger partial charge in [0, 0.05) is 43.7 Å². The number of anilines is 2. The molecule has 2 saturated heterocycles. The predicted molar refractivity (Wildman–Crippen MR) is 125 cm³/mol. The number of amides is 1. The van der Waals surface area contributed by atoms with Crippen molar-refractivity contribution in [2.45, 2.75) is 52.0 Å². The predicted octanol–water partition coefficient (Wildman–Crippen LogP) is 3.33. The van der Waals surface area contributed by atoms with Crippen molar-refractivity contribution >= 4 is 17.7 Å². The van der Waals surface area contributed by atoms with Crippen molar-refractivity contribution in [3.8, 4) is 5.75 Å². The van der Waals surface area contributed by atoms with Gasteiger partial charge in [0.25, 0.3) is 0 Å². The molecule has 3 heterocycles. The molecule has 1 amide bonds. The molecule has 5 rings (SSSR count). The van der Waals surface area contributed by atoms with E-state index in [0.29, 0.717) is 37.4 Å². The fourth-order valence-corrected chi connectivity index (χ4v) is 5.36. The van der Waals surface area contributed by atoms with Gasteiger partial charge in [-0.3, -0.25) is 4.79 Å². The van der Waals surface area contributed by atoms with Crippen LogP contribution in [0.25, 0.3) is 0 Å². The van der Waals surface area contributed by atoms with E-state index in [1.54, 1.807) is 0 Å². The molecule has 2 unspecified atom stereocenters. The maximum Gasteiger partial charge on any atom is 0.225 e. The largest absolute Gasteiger partial charge is 0.494 e. The average Bonchev–Trinajstić information content (AvgIpc) is 3.47. The fourth-order valence-electron chi connectivity index (χ4n) is 5.36. The summed E-state index contributed by atoms with van der Waals surface area (Å²) < 4.78 is 5.77. The monoisotopic (exact) mass is 435 g/mol. The number of aryl methyl sites for hydroxylation is 1. The van der Waals surface area contributed by atoms with Gasteiger partial charge in [-0.2, -0.15) is 4.98 Å². The van der Waals surface area contributed by atoms with E-state index in [4.69, 9.17) is 14.7 Å². The van der Waals surface area contributed by atoms with Gasteiger partial charge in [-0.05, 0) is 56.9 Å². The van der Waals surface area contributed by atoms with Crippen LogP contribution >= 0.6 is 0 Å². The van der Waals surface area contributed by atoms with Crippen LogP contribution in [0.3, 0.4) is 0 Å². The van der Waals surface area contributed by atoms with Crippen molar-refractivity contribution in [1.29, 1.82) is 0 Å². The van der Waals surface area contributed by atoms with Crippen LogP contribution in [0.1, 0.15) is 49.4 Å². The summed E-state index contributed by atoms with van der Waals surface area (Å²) in [5.41, 5.74) is 3.64. The lowest BCUT2D eigenvalue weighted by atomic mass is 9.91. The SMILES string of the molecule is CCOc1ccccc1CNc1nc2c(c(N3CCC(C4CNC(=O)C4)C3)n1)CCCC2. The van der Waals surface area contributed by atoms with Crippen LogP contribution < -0.4 is 20.3 Å². The van der Waals surface area contributed by atoms with Gasteiger partial charge in [0.2, 0.25) is 11.9 Å². The Balaban J connectivity index is 1.35. The number of hydrogen-bond acceptors (Lipinski definition) is 6. The number of para-hydroxylation sites is 1. The highest BCUT2D eigenvalue weighted by Crippen LogP contribution is 2.35. The van der Waals surface area contributed by atoms with Gasteiger partial charge in [-0.1, -0.05) is 18.2 Å². The number of ether oxygens (including phenoxy) is 1. The molecule has 1 aromatic heterocycles. The third kappa shape index (κ3) is 4.38. The Morgan fingerprint density at radius 3 is 2.91 bits per heavy atom. The zero-order chi connectivity index (χ0) is 21.9. The number of nitrogens with zero attached hydrogens (tertiary/aromatic N) is 3. The Bertz CT molecular complexity index is 979. The summed E-state index contributed by atoms with van der Waals surface area (Å²) in [6.07, 6.45) is 6.27. The highest BCUT2D eigenvalue weighted by atomic mass is 16.5. The van der Waals surface area contributed by atoms with E-state index < -0.39 is 0 Å². The Morgan fingerprint density at radius 2 is 2.06 bits per heavy atom. The smallest absolute Gasteiger partial charge is 0.225 e. The molecule has 0 bridgehead atoms. The minimum Gasteiger partial charge on any atom is -0.494 e. The van der Waals surface area contributed by atoms with Crippen molar-refractivity contribution in [1.82, 2.24) is 15.3 Å². The number of carbonyl (C=O) groups is 1. The van der Waals surface area contributed by atoms with Crippen molar-refractivity contribution in [3.05, 3.63) is 41.1 Å². The third-order valence-electron chi connectivity index (χ3n) is 7.07. The molecule has 0 saturated carbocycles. The molecule has 0 spiro atoms. The molecule has 2 aliphatic heterocycles. The molecule has 7 heteroatoms.